The first kappa shape index (κ1) is 12.0. The number of fused-ring (bicyclic) bond motifs is 1. The molecule has 2 rings (SSSR count). The molecule has 3 heteroatoms. The van der Waals surface area contributed by atoms with Gasteiger partial charge < -0.3 is 10.0 Å². The van der Waals surface area contributed by atoms with E-state index in [0.717, 1.165) is 19.3 Å². The Morgan fingerprint density at radius 2 is 2.24 bits per heavy atom. The van der Waals surface area contributed by atoms with Crippen LogP contribution in [-0.2, 0) is 11.2 Å². The van der Waals surface area contributed by atoms with E-state index in [4.69, 9.17) is 0 Å². The predicted octanol–water partition coefficient (Wildman–Crippen LogP) is 2.29. The molecule has 0 aliphatic heterocycles. The fourth-order valence-electron chi connectivity index (χ4n) is 2.51. The second-order valence-corrected chi connectivity index (χ2v) is 4.96. The molecule has 0 bridgehead atoms. The first-order valence-corrected chi connectivity index (χ1v) is 6.10. The van der Waals surface area contributed by atoms with Gasteiger partial charge in [-0.3, -0.25) is 4.79 Å². The molecule has 1 atom stereocenters. The standard InChI is InChI=1S/C14H19NO2/c1-15(2)14(17)9-11-5-3-4-10-8-12(16)6-7-13(10)11/h6-8,11,16H,3-5,9H2,1-2H3. The summed E-state index contributed by atoms with van der Waals surface area (Å²) in [5.74, 6) is 0.813. The average Bonchev–Trinajstić information content (AvgIpc) is 2.28. The lowest BCUT2D eigenvalue weighted by molar-refractivity contribution is -0.129. The summed E-state index contributed by atoms with van der Waals surface area (Å²) < 4.78 is 0. The fourth-order valence-corrected chi connectivity index (χ4v) is 2.51. The second kappa shape index (κ2) is 4.78. The van der Waals surface area contributed by atoms with Crippen molar-refractivity contribution in [3.63, 3.8) is 0 Å². The van der Waals surface area contributed by atoms with E-state index < -0.39 is 0 Å². The first-order chi connectivity index (χ1) is 8.08. The van der Waals surface area contributed by atoms with Crippen LogP contribution in [0, 0.1) is 0 Å². The van der Waals surface area contributed by atoms with Gasteiger partial charge in [0, 0.05) is 20.5 Å². The lowest BCUT2D eigenvalue weighted by atomic mass is 9.81. The minimum Gasteiger partial charge on any atom is -0.508 e. The average molecular weight is 233 g/mol. The van der Waals surface area contributed by atoms with Crippen molar-refractivity contribution in [3.05, 3.63) is 29.3 Å². The van der Waals surface area contributed by atoms with Gasteiger partial charge in [-0.1, -0.05) is 6.07 Å². The molecule has 1 amide bonds. The Hall–Kier alpha value is -1.51. The van der Waals surface area contributed by atoms with Crippen LogP contribution >= 0.6 is 0 Å². The third-order valence-corrected chi connectivity index (χ3v) is 3.48. The van der Waals surface area contributed by atoms with Crippen molar-refractivity contribution in [1.82, 2.24) is 4.90 Å². The van der Waals surface area contributed by atoms with Crippen LogP contribution in [0.25, 0.3) is 0 Å². The minimum absolute atomic E-state index is 0.177. The van der Waals surface area contributed by atoms with Crippen LogP contribution in [0.5, 0.6) is 5.75 Å². The zero-order valence-electron chi connectivity index (χ0n) is 10.4. The smallest absolute Gasteiger partial charge is 0.222 e. The molecule has 0 spiro atoms. The largest absolute Gasteiger partial charge is 0.508 e. The Labute approximate surface area is 102 Å². The first-order valence-electron chi connectivity index (χ1n) is 6.10. The molecular weight excluding hydrogens is 214 g/mol. The molecule has 1 unspecified atom stereocenters. The van der Waals surface area contributed by atoms with Gasteiger partial charge in [0.05, 0.1) is 0 Å². The number of nitrogens with zero attached hydrogens (tertiary/aromatic N) is 1. The maximum absolute atomic E-state index is 11.8. The fraction of sp³-hybridized carbons (Fsp3) is 0.500. The van der Waals surface area contributed by atoms with Crippen LogP contribution in [0.4, 0.5) is 0 Å². The molecule has 0 heterocycles. The van der Waals surface area contributed by atoms with Gasteiger partial charge in [-0.15, -0.1) is 0 Å². The molecule has 1 aromatic carbocycles. The number of phenols is 1. The van der Waals surface area contributed by atoms with Gasteiger partial charge in [0.1, 0.15) is 5.75 Å². The Kier molecular flexibility index (Phi) is 3.36. The second-order valence-electron chi connectivity index (χ2n) is 4.96. The zero-order valence-corrected chi connectivity index (χ0v) is 10.4. The number of phenolic OH excluding ortho intramolecular Hbond substituents is 1. The highest BCUT2D eigenvalue weighted by molar-refractivity contribution is 5.76. The molecule has 0 saturated heterocycles. The third kappa shape index (κ3) is 2.60. The number of hydrogen-bond acceptors (Lipinski definition) is 2. The normalized spacial score (nSPS) is 18.6. The van der Waals surface area contributed by atoms with Crippen LogP contribution < -0.4 is 0 Å². The highest BCUT2D eigenvalue weighted by Crippen LogP contribution is 2.35. The molecule has 1 N–H and O–H groups in total. The summed E-state index contributed by atoms with van der Waals surface area (Å²) in [6.07, 6.45) is 3.75. The van der Waals surface area contributed by atoms with E-state index in [1.165, 1.54) is 11.1 Å². The Morgan fingerprint density at radius 3 is 2.94 bits per heavy atom. The van der Waals surface area contributed by atoms with Gasteiger partial charge in [0.25, 0.3) is 0 Å². The molecule has 1 aliphatic carbocycles. The molecule has 0 fully saturated rings. The number of hydrogen-bond donors (Lipinski definition) is 1. The molecule has 0 aromatic heterocycles. The van der Waals surface area contributed by atoms with Crippen molar-refractivity contribution >= 4 is 5.91 Å². The van der Waals surface area contributed by atoms with Crippen LogP contribution in [0.3, 0.4) is 0 Å². The lowest BCUT2D eigenvalue weighted by Gasteiger charge is -2.26. The number of carbonyl (C=O) groups excluding carboxylic acids is 1. The van der Waals surface area contributed by atoms with Crippen molar-refractivity contribution in [3.8, 4) is 5.75 Å². The third-order valence-electron chi connectivity index (χ3n) is 3.48. The predicted molar refractivity (Wildman–Crippen MR) is 67.1 cm³/mol. The monoisotopic (exact) mass is 233 g/mol. The maximum atomic E-state index is 11.8. The summed E-state index contributed by atoms with van der Waals surface area (Å²) in [5, 5.41) is 9.47. The number of carbonyl (C=O) groups is 1. The quantitative estimate of drug-likeness (QED) is 0.851. The SMILES string of the molecule is CN(C)C(=O)CC1CCCc2cc(O)ccc21. The Balaban J connectivity index is 2.20. The summed E-state index contributed by atoms with van der Waals surface area (Å²) >= 11 is 0. The Bertz CT molecular complexity index is 426. The molecule has 17 heavy (non-hydrogen) atoms. The van der Waals surface area contributed by atoms with E-state index in [1.807, 2.05) is 12.1 Å². The van der Waals surface area contributed by atoms with Crippen molar-refractivity contribution in [2.45, 2.75) is 31.6 Å². The van der Waals surface area contributed by atoms with Crippen molar-refractivity contribution in [2.75, 3.05) is 14.1 Å². The zero-order chi connectivity index (χ0) is 12.4. The summed E-state index contributed by atoms with van der Waals surface area (Å²) in [5.41, 5.74) is 2.44. The van der Waals surface area contributed by atoms with E-state index in [9.17, 15) is 9.90 Å². The number of amides is 1. The number of benzene rings is 1. The molecule has 0 saturated carbocycles. The molecular formula is C14H19NO2. The van der Waals surface area contributed by atoms with Crippen LogP contribution in [0.15, 0.2) is 18.2 Å². The minimum atomic E-state index is 0.177. The van der Waals surface area contributed by atoms with Crippen LogP contribution in [0.2, 0.25) is 0 Å². The highest BCUT2D eigenvalue weighted by atomic mass is 16.3. The van der Waals surface area contributed by atoms with E-state index in [0.29, 0.717) is 18.1 Å². The Morgan fingerprint density at radius 1 is 1.47 bits per heavy atom. The summed E-state index contributed by atoms with van der Waals surface area (Å²) in [4.78, 5) is 13.4. The lowest BCUT2D eigenvalue weighted by Crippen LogP contribution is -2.25. The van der Waals surface area contributed by atoms with Gasteiger partial charge in [0.15, 0.2) is 0 Å². The summed E-state index contributed by atoms with van der Waals surface area (Å²) in [6.45, 7) is 0. The van der Waals surface area contributed by atoms with E-state index in [2.05, 4.69) is 0 Å². The van der Waals surface area contributed by atoms with Crippen molar-refractivity contribution in [1.29, 1.82) is 0 Å². The van der Waals surface area contributed by atoms with Crippen molar-refractivity contribution in [2.24, 2.45) is 0 Å². The number of aryl methyl sites for hydroxylation is 1. The van der Waals surface area contributed by atoms with Crippen LogP contribution in [-0.4, -0.2) is 30.0 Å². The molecule has 0 radical (unpaired) electrons. The number of aromatic hydroxyl groups is 1. The highest BCUT2D eigenvalue weighted by Gasteiger charge is 2.23. The van der Waals surface area contributed by atoms with Crippen LogP contribution in [0.1, 0.15) is 36.3 Å². The molecule has 92 valence electrons. The molecule has 1 aliphatic rings. The van der Waals surface area contributed by atoms with Gasteiger partial charge >= 0.3 is 0 Å². The summed E-state index contributed by atoms with van der Waals surface area (Å²) in [7, 11) is 3.59. The van der Waals surface area contributed by atoms with Gasteiger partial charge in [-0.2, -0.15) is 0 Å². The molecule has 3 nitrogen and oxygen atoms in total. The summed E-state index contributed by atoms with van der Waals surface area (Å²) in [6, 6.07) is 5.52. The maximum Gasteiger partial charge on any atom is 0.222 e. The number of rotatable bonds is 2. The van der Waals surface area contributed by atoms with E-state index in [1.54, 1.807) is 25.1 Å². The van der Waals surface area contributed by atoms with Crippen molar-refractivity contribution < 1.29 is 9.90 Å². The van der Waals surface area contributed by atoms with E-state index in [-0.39, 0.29) is 5.91 Å². The molecule has 1 aromatic rings. The van der Waals surface area contributed by atoms with E-state index >= 15 is 0 Å². The van der Waals surface area contributed by atoms with Gasteiger partial charge in [-0.25, -0.2) is 0 Å². The van der Waals surface area contributed by atoms with Gasteiger partial charge in [0.2, 0.25) is 5.91 Å². The van der Waals surface area contributed by atoms with Gasteiger partial charge in [-0.05, 0) is 48.4 Å². The topological polar surface area (TPSA) is 40.5 Å².